The molecule has 0 N–H and O–H groups in total. The monoisotopic (exact) mass is 262 g/mol. The molecule has 1 aliphatic carbocycles. The van der Waals surface area contributed by atoms with Gasteiger partial charge >= 0.3 is 0 Å². The van der Waals surface area contributed by atoms with Crippen LogP contribution in [-0.4, -0.2) is 0 Å². The van der Waals surface area contributed by atoms with Gasteiger partial charge in [0.25, 0.3) is 0 Å². The van der Waals surface area contributed by atoms with Crippen LogP contribution in [0, 0.1) is 18.8 Å². The zero-order valence-electron chi connectivity index (χ0n) is 12.7. The number of rotatable bonds is 1. The van der Waals surface area contributed by atoms with Crippen LogP contribution in [0.3, 0.4) is 0 Å². The van der Waals surface area contributed by atoms with Crippen molar-refractivity contribution in [2.45, 2.75) is 40.0 Å². The molecule has 0 spiro atoms. The molecule has 0 saturated carbocycles. The fourth-order valence-corrected chi connectivity index (χ4v) is 2.52. The van der Waals surface area contributed by atoms with Gasteiger partial charge in [-0.2, -0.15) is 0 Å². The third-order valence-corrected chi connectivity index (χ3v) is 3.75. The van der Waals surface area contributed by atoms with Gasteiger partial charge < -0.3 is 0 Å². The first-order valence-electron chi connectivity index (χ1n) is 7.31. The van der Waals surface area contributed by atoms with E-state index in [-0.39, 0.29) is 0 Å². The van der Waals surface area contributed by atoms with Gasteiger partial charge in [0.2, 0.25) is 0 Å². The average Bonchev–Trinajstić information content (AvgIpc) is 2.46. The van der Waals surface area contributed by atoms with Gasteiger partial charge in [0, 0.05) is 5.56 Å². The van der Waals surface area contributed by atoms with Gasteiger partial charge in [-0.1, -0.05) is 41.2 Å². The van der Waals surface area contributed by atoms with Crippen LogP contribution in [0.2, 0.25) is 0 Å². The SMILES string of the molecule is C/C=C1\CCCC(C)=C1/C=C/C#Cc1ccc(C)cc1. The lowest BCUT2D eigenvalue weighted by molar-refractivity contribution is 0.769. The lowest BCUT2D eigenvalue weighted by Gasteiger charge is -2.18. The third-order valence-electron chi connectivity index (χ3n) is 3.75. The van der Waals surface area contributed by atoms with Crippen LogP contribution in [-0.2, 0) is 0 Å². The van der Waals surface area contributed by atoms with Gasteiger partial charge in [0.05, 0.1) is 0 Å². The molecule has 0 aromatic heterocycles. The minimum absolute atomic E-state index is 1.07. The second-order valence-electron chi connectivity index (χ2n) is 5.33. The summed E-state index contributed by atoms with van der Waals surface area (Å²) in [5.74, 6) is 6.32. The van der Waals surface area contributed by atoms with E-state index in [2.05, 4.69) is 69.0 Å². The van der Waals surface area contributed by atoms with E-state index in [0.717, 1.165) is 5.56 Å². The second-order valence-corrected chi connectivity index (χ2v) is 5.33. The van der Waals surface area contributed by atoms with E-state index in [1.54, 1.807) is 0 Å². The summed E-state index contributed by atoms with van der Waals surface area (Å²) in [4.78, 5) is 0. The Balaban J connectivity index is 2.12. The highest BCUT2D eigenvalue weighted by atomic mass is 14.2. The van der Waals surface area contributed by atoms with E-state index in [1.165, 1.54) is 41.5 Å². The maximum Gasteiger partial charge on any atom is 0.0249 e. The van der Waals surface area contributed by atoms with Crippen LogP contribution in [0.15, 0.2) is 59.2 Å². The van der Waals surface area contributed by atoms with E-state index in [4.69, 9.17) is 0 Å². The van der Waals surface area contributed by atoms with Crippen molar-refractivity contribution in [2.24, 2.45) is 0 Å². The summed E-state index contributed by atoms with van der Waals surface area (Å²) in [6.45, 7) is 6.45. The fourth-order valence-electron chi connectivity index (χ4n) is 2.52. The lowest BCUT2D eigenvalue weighted by atomic mass is 9.88. The van der Waals surface area contributed by atoms with Crippen LogP contribution in [0.1, 0.15) is 44.2 Å². The smallest absolute Gasteiger partial charge is 0.0249 e. The summed E-state index contributed by atoms with van der Waals surface area (Å²) in [7, 11) is 0. The van der Waals surface area contributed by atoms with Crippen molar-refractivity contribution in [2.75, 3.05) is 0 Å². The van der Waals surface area contributed by atoms with Gasteiger partial charge in [-0.25, -0.2) is 0 Å². The summed E-state index contributed by atoms with van der Waals surface area (Å²) in [5.41, 5.74) is 6.67. The highest BCUT2D eigenvalue weighted by molar-refractivity contribution is 5.47. The minimum atomic E-state index is 1.07. The van der Waals surface area contributed by atoms with Crippen LogP contribution < -0.4 is 0 Å². The standard InChI is InChI=1S/C20H22/c1-4-19-10-7-8-17(3)20(19)11-6-5-9-18-14-12-16(2)13-15-18/h4,6,11-15H,7-8,10H2,1-3H3/b11-6+,19-4+. The molecule has 1 aromatic rings. The Hall–Kier alpha value is -2.00. The van der Waals surface area contributed by atoms with Crippen molar-refractivity contribution in [3.05, 3.63) is 70.3 Å². The Morgan fingerprint density at radius 3 is 2.50 bits per heavy atom. The number of aryl methyl sites for hydroxylation is 1. The average molecular weight is 262 g/mol. The van der Waals surface area contributed by atoms with E-state index in [9.17, 15) is 0 Å². The van der Waals surface area contributed by atoms with Crippen molar-refractivity contribution in [1.29, 1.82) is 0 Å². The van der Waals surface area contributed by atoms with E-state index in [1.807, 2.05) is 6.08 Å². The summed E-state index contributed by atoms with van der Waals surface area (Å²) in [5, 5.41) is 0. The van der Waals surface area contributed by atoms with Crippen molar-refractivity contribution in [3.63, 3.8) is 0 Å². The normalized spacial score (nSPS) is 17.4. The predicted octanol–water partition coefficient (Wildman–Crippen LogP) is 5.35. The predicted molar refractivity (Wildman–Crippen MR) is 87.5 cm³/mol. The first-order chi connectivity index (χ1) is 9.70. The number of hydrogen-bond acceptors (Lipinski definition) is 0. The zero-order chi connectivity index (χ0) is 14.4. The van der Waals surface area contributed by atoms with Crippen LogP contribution in [0.5, 0.6) is 0 Å². The molecule has 0 heterocycles. The molecule has 0 heteroatoms. The maximum absolute atomic E-state index is 3.18. The summed E-state index contributed by atoms with van der Waals surface area (Å²) < 4.78 is 0. The molecule has 0 unspecified atom stereocenters. The van der Waals surface area contributed by atoms with Crippen molar-refractivity contribution in [1.82, 2.24) is 0 Å². The second kappa shape index (κ2) is 6.96. The molecule has 2 rings (SSSR count). The largest absolute Gasteiger partial charge is 0.0838 e. The number of hydrogen-bond donors (Lipinski definition) is 0. The summed E-state index contributed by atoms with van der Waals surface area (Å²) in [6, 6.07) is 8.33. The van der Waals surface area contributed by atoms with Gasteiger partial charge in [-0.3, -0.25) is 0 Å². The topological polar surface area (TPSA) is 0 Å². The van der Waals surface area contributed by atoms with E-state index >= 15 is 0 Å². The molecule has 102 valence electrons. The number of benzene rings is 1. The molecule has 0 amide bonds. The van der Waals surface area contributed by atoms with Crippen LogP contribution in [0.4, 0.5) is 0 Å². The highest BCUT2D eigenvalue weighted by Gasteiger charge is 2.10. The van der Waals surface area contributed by atoms with Crippen LogP contribution in [0.25, 0.3) is 0 Å². The summed E-state index contributed by atoms with van der Waals surface area (Å²) in [6.07, 6.45) is 10.1. The van der Waals surface area contributed by atoms with Crippen molar-refractivity contribution >= 4 is 0 Å². The minimum Gasteiger partial charge on any atom is -0.0838 e. The van der Waals surface area contributed by atoms with E-state index in [0.29, 0.717) is 0 Å². The first kappa shape index (κ1) is 14.4. The first-order valence-corrected chi connectivity index (χ1v) is 7.31. The highest BCUT2D eigenvalue weighted by Crippen LogP contribution is 2.29. The number of allylic oxidation sites excluding steroid dienone is 6. The summed E-state index contributed by atoms with van der Waals surface area (Å²) >= 11 is 0. The fraction of sp³-hybridized carbons (Fsp3) is 0.300. The van der Waals surface area contributed by atoms with Gasteiger partial charge in [0.15, 0.2) is 0 Å². The molecule has 20 heavy (non-hydrogen) atoms. The van der Waals surface area contributed by atoms with Gasteiger partial charge in [-0.05, 0) is 75.5 Å². The Morgan fingerprint density at radius 1 is 1.05 bits per heavy atom. The van der Waals surface area contributed by atoms with Crippen molar-refractivity contribution in [3.8, 4) is 11.8 Å². The lowest BCUT2D eigenvalue weighted by Crippen LogP contribution is -1.99. The van der Waals surface area contributed by atoms with E-state index < -0.39 is 0 Å². The van der Waals surface area contributed by atoms with Gasteiger partial charge in [-0.15, -0.1) is 0 Å². The molecular weight excluding hydrogens is 240 g/mol. The Morgan fingerprint density at radius 2 is 1.80 bits per heavy atom. The van der Waals surface area contributed by atoms with Crippen LogP contribution >= 0.6 is 0 Å². The Bertz CT molecular complexity index is 610. The van der Waals surface area contributed by atoms with Gasteiger partial charge in [0.1, 0.15) is 0 Å². The molecule has 0 fully saturated rings. The Labute approximate surface area is 122 Å². The maximum atomic E-state index is 3.18. The molecule has 0 nitrogen and oxygen atoms in total. The van der Waals surface area contributed by atoms with Crippen molar-refractivity contribution < 1.29 is 0 Å². The quantitative estimate of drug-likeness (QED) is 0.598. The molecule has 0 aliphatic heterocycles. The molecule has 1 aliphatic rings. The third kappa shape index (κ3) is 3.75. The molecule has 0 radical (unpaired) electrons. The Kier molecular flexibility index (Phi) is 5.02. The molecule has 0 bridgehead atoms. The molecular formula is C20H22. The molecule has 1 aromatic carbocycles. The molecule has 0 atom stereocenters. The zero-order valence-corrected chi connectivity index (χ0v) is 12.7. The molecule has 0 saturated heterocycles.